The predicted molar refractivity (Wildman–Crippen MR) is 112 cm³/mol. The maximum atomic E-state index is 10.9. The molecule has 1 amide bonds. The van der Waals surface area contributed by atoms with Gasteiger partial charge in [0.05, 0.1) is 0 Å². The lowest BCUT2D eigenvalue weighted by Crippen LogP contribution is -2.44. The van der Waals surface area contributed by atoms with Crippen LogP contribution in [0, 0.1) is 0 Å². The van der Waals surface area contributed by atoms with E-state index >= 15 is 0 Å². The summed E-state index contributed by atoms with van der Waals surface area (Å²) in [7, 11) is 0. The highest BCUT2D eigenvalue weighted by molar-refractivity contribution is 5.72. The lowest BCUT2D eigenvalue weighted by atomic mass is 10.1. The number of allylic oxidation sites excluding steroid dienone is 1. The van der Waals surface area contributed by atoms with Crippen LogP contribution in [0.25, 0.3) is 0 Å². The second-order valence-electron chi connectivity index (χ2n) is 7.45. The molecule has 0 unspecified atom stereocenters. The molecule has 3 rings (SSSR count). The molecule has 28 heavy (non-hydrogen) atoms. The van der Waals surface area contributed by atoms with Crippen molar-refractivity contribution in [2.75, 3.05) is 19.6 Å². The number of aryl methyl sites for hydroxylation is 1. The van der Waals surface area contributed by atoms with E-state index < -0.39 is 0 Å². The molecule has 3 N–H and O–H groups in total. The number of likely N-dealkylation sites (tertiary alicyclic amines) is 2. The highest BCUT2D eigenvalue weighted by Crippen LogP contribution is 2.34. The molecule has 0 spiro atoms. The Morgan fingerprint density at radius 2 is 2.29 bits per heavy atom. The Kier molecular flexibility index (Phi) is 6.81. The number of carbonyl (C=O) groups excluding carboxylic acids is 1. The summed E-state index contributed by atoms with van der Waals surface area (Å²) in [5.41, 5.74) is 7.65. The number of amides is 1. The molecule has 2 fully saturated rings. The minimum atomic E-state index is 0.0181. The van der Waals surface area contributed by atoms with Crippen molar-refractivity contribution in [1.29, 1.82) is 0 Å². The first-order valence-corrected chi connectivity index (χ1v) is 9.85. The van der Waals surface area contributed by atoms with Crippen molar-refractivity contribution in [1.82, 2.24) is 20.1 Å². The molecular formula is C21H30N6O. The van der Waals surface area contributed by atoms with E-state index in [1.54, 1.807) is 19.2 Å². The van der Waals surface area contributed by atoms with Crippen molar-refractivity contribution in [2.24, 2.45) is 10.7 Å². The van der Waals surface area contributed by atoms with Crippen LogP contribution in [-0.4, -0.2) is 58.6 Å². The van der Waals surface area contributed by atoms with E-state index in [-0.39, 0.29) is 5.91 Å². The third-order valence-electron chi connectivity index (χ3n) is 5.36. The molecule has 2 bridgehead atoms. The third-order valence-corrected chi connectivity index (χ3v) is 5.36. The van der Waals surface area contributed by atoms with E-state index in [2.05, 4.69) is 43.8 Å². The van der Waals surface area contributed by atoms with Crippen LogP contribution < -0.4 is 11.1 Å². The lowest BCUT2D eigenvalue weighted by molar-refractivity contribution is -0.118. The first-order valence-electron chi connectivity index (χ1n) is 9.85. The average molecular weight is 383 g/mol. The maximum Gasteiger partial charge on any atom is 0.216 e. The largest absolute Gasteiger partial charge is 0.405 e. The monoisotopic (exact) mass is 382 g/mol. The summed E-state index contributed by atoms with van der Waals surface area (Å²) in [5.74, 6) is 0.833. The van der Waals surface area contributed by atoms with Crippen LogP contribution in [-0.2, 0) is 17.8 Å². The number of aromatic nitrogens is 1. The second kappa shape index (κ2) is 9.50. The van der Waals surface area contributed by atoms with Gasteiger partial charge in [0.15, 0.2) is 0 Å². The highest BCUT2D eigenvalue weighted by Gasteiger charge is 2.43. The van der Waals surface area contributed by atoms with E-state index in [0.29, 0.717) is 18.6 Å². The van der Waals surface area contributed by atoms with E-state index in [4.69, 9.17) is 5.73 Å². The van der Waals surface area contributed by atoms with Gasteiger partial charge in [-0.2, -0.15) is 0 Å². The van der Waals surface area contributed by atoms with Crippen LogP contribution in [0.4, 0.5) is 0 Å². The molecule has 3 heterocycles. The van der Waals surface area contributed by atoms with E-state index in [1.807, 2.05) is 6.20 Å². The number of aliphatic imine (C=N–C) groups is 1. The molecular weight excluding hydrogens is 352 g/mol. The summed E-state index contributed by atoms with van der Waals surface area (Å²) in [6.07, 6.45) is 9.81. The van der Waals surface area contributed by atoms with Gasteiger partial charge in [-0.1, -0.05) is 12.6 Å². The number of carbonyl (C=O) groups is 1. The van der Waals surface area contributed by atoms with E-state index in [0.717, 1.165) is 50.4 Å². The predicted octanol–water partition coefficient (Wildman–Crippen LogP) is 1.42. The van der Waals surface area contributed by atoms with Crippen LogP contribution in [0.3, 0.4) is 0 Å². The minimum absolute atomic E-state index is 0.0181. The average Bonchev–Trinajstić information content (AvgIpc) is 3.27. The number of rotatable bonds is 9. The van der Waals surface area contributed by atoms with Gasteiger partial charge >= 0.3 is 0 Å². The van der Waals surface area contributed by atoms with Crippen molar-refractivity contribution >= 4 is 12.1 Å². The zero-order valence-corrected chi connectivity index (χ0v) is 16.6. The molecule has 7 heteroatoms. The van der Waals surface area contributed by atoms with Crippen molar-refractivity contribution in [3.05, 3.63) is 54.3 Å². The Morgan fingerprint density at radius 3 is 2.93 bits per heavy atom. The zero-order valence-electron chi connectivity index (χ0n) is 16.6. The summed E-state index contributed by atoms with van der Waals surface area (Å²) in [6, 6.07) is 5.30. The van der Waals surface area contributed by atoms with Crippen LogP contribution in [0.5, 0.6) is 0 Å². The Balaban J connectivity index is 1.45. The normalized spacial score (nSPS) is 21.8. The molecule has 2 aliphatic heterocycles. The fourth-order valence-electron chi connectivity index (χ4n) is 3.98. The molecule has 0 aliphatic carbocycles. The number of hydrogen-bond donors (Lipinski definition) is 2. The highest BCUT2D eigenvalue weighted by atomic mass is 16.1. The van der Waals surface area contributed by atoms with Gasteiger partial charge in [-0.3, -0.25) is 14.7 Å². The van der Waals surface area contributed by atoms with Crippen molar-refractivity contribution in [3.8, 4) is 0 Å². The zero-order chi connectivity index (χ0) is 19.9. The quantitative estimate of drug-likeness (QED) is 0.498. The standard InChI is InChI=1S/C21H30N6O/c1-16(23-10-4-8-22)27-15-20-11-21(27)14-26(20)13-18-6-7-19(25-12-18)5-3-9-24-17(2)28/h4,6-8,10,12,20-21H,1,3,5,9,11,13-15,22H2,2H3,(H,24,28)/b8-4-,23-10-/t20-,21-/m0/s1. The smallest absolute Gasteiger partial charge is 0.216 e. The number of piperazine rings is 1. The fraction of sp³-hybridized carbons (Fsp3) is 0.476. The number of nitrogens with two attached hydrogens (primary N) is 1. The summed E-state index contributed by atoms with van der Waals surface area (Å²) >= 11 is 0. The van der Waals surface area contributed by atoms with Crippen molar-refractivity contribution < 1.29 is 4.79 Å². The SMILES string of the molecule is C=C(/N=C\C=C/N)N1C[C@@H]2C[C@H]1CN2Cc1ccc(CCCNC(C)=O)nc1. The minimum Gasteiger partial charge on any atom is -0.405 e. The molecule has 150 valence electrons. The number of nitrogens with one attached hydrogen (secondary N) is 1. The first kappa shape index (κ1) is 20.1. The Bertz CT molecular complexity index is 742. The molecule has 0 aromatic carbocycles. The Hall–Kier alpha value is -2.67. The Morgan fingerprint density at radius 1 is 1.43 bits per heavy atom. The Labute approximate surface area is 167 Å². The molecule has 2 saturated heterocycles. The lowest BCUT2D eigenvalue weighted by Gasteiger charge is -2.35. The van der Waals surface area contributed by atoms with Gasteiger partial charge in [0.1, 0.15) is 5.82 Å². The number of nitrogens with zero attached hydrogens (tertiary/aromatic N) is 4. The molecule has 0 saturated carbocycles. The van der Waals surface area contributed by atoms with E-state index in [9.17, 15) is 4.79 Å². The van der Waals surface area contributed by atoms with Crippen LogP contribution >= 0.6 is 0 Å². The molecule has 1 aromatic rings. The number of hydrogen-bond acceptors (Lipinski definition) is 6. The van der Waals surface area contributed by atoms with Crippen LogP contribution in [0.1, 0.15) is 31.0 Å². The molecule has 1 aromatic heterocycles. The van der Waals surface area contributed by atoms with Gasteiger partial charge in [-0.15, -0.1) is 0 Å². The van der Waals surface area contributed by atoms with E-state index in [1.165, 1.54) is 11.8 Å². The third kappa shape index (κ3) is 5.19. The van der Waals surface area contributed by atoms with Crippen molar-refractivity contribution in [3.63, 3.8) is 0 Å². The topological polar surface area (TPSA) is 86.9 Å². The number of fused-ring (bicyclic) bond motifs is 2. The molecule has 2 atom stereocenters. The number of pyridine rings is 1. The second-order valence-corrected chi connectivity index (χ2v) is 7.45. The molecule has 2 aliphatic rings. The maximum absolute atomic E-state index is 10.9. The summed E-state index contributed by atoms with van der Waals surface area (Å²) in [4.78, 5) is 24.7. The molecule has 0 radical (unpaired) electrons. The van der Waals surface area contributed by atoms with Gasteiger partial charge in [0.25, 0.3) is 0 Å². The first-order chi connectivity index (χ1) is 13.6. The van der Waals surface area contributed by atoms with Crippen molar-refractivity contribution in [2.45, 2.75) is 44.8 Å². The van der Waals surface area contributed by atoms with Gasteiger partial charge in [0, 0.05) is 63.3 Å². The summed E-state index contributed by atoms with van der Waals surface area (Å²) in [6.45, 7) is 9.26. The fourth-order valence-corrected chi connectivity index (χ4v) is 3.98. The summed E-state index contributed by atoms with van der Waals surface area (Å²) < 4.78 is 0. The van der Waals surface area contributed by atoms with Gasteiger partial charge in [0.2, 0.25) is 5.91 Å². The summed E-state index contributed by atoms with van der Waals surface area (Å²) in [5, 5.41) is 2.82. The van der Waals surface area contributed by atoms with Gasteiger partial charge in [-0.25, -0.2) is 4.99 Å². The van der Waals surface area contributed by atoms with Crippen LogP contribution in [0.2, 0.25) is 0 Å². The van der Waals surface area contributed by atoms with Gasteiger partial charge < -0.3 is 16.0 Å². The van der Waals surface area contributed by atoms with Crippen LogP contribution in [0.15, 0.2) is 48.0 Å². The van der Waals surface area contributed by atoms with Gasteiger partial charge in [-0.05, 0) is 43.2 Å². The molecule has 7 nitrogen and oxygen atoms in total.